The smallest absolute Gasteiger partial charge is 0.270 e. The van der Waals surface area contributed by atoms with Gasteiger partial charge >= 0.3 is 0 Å². The van der Waals surface area contributed by atoms with Gasteiger partial charge < -0.3 is 5.32 Å². The third kappa shape index (κ3) is 2.95. The number of nitrogens with one attached hydrogen (secondary N) is 1. The summed E-state index contributed by atoms with van der Waals surface area (Å²) in [5.41, 5.74) is 2.09. The summed E-state index contributed by atoms with van der Waals surface area (Å²) in [6.07, 6.45) is 0. The molecule has 0 fully saturated rings. The molecule has 1 atom stereocenters. The molecule has 0 aliphatic rings. The predicted molar refractivity (Wildman–Crippen MR) is 89.1 cm³/mol. The number of hydrogen-bond acceptors (Lipinski definition) is 2. The van der Waals surface area contributed by atoms with E-state index in [2.05, 4.69) is 10.3 Å². The molecular weight excluding hydrogens is 296 g/mol. The maximum absolute atomic E-state index is 12.4. The van der Waals surface area contributed by atoms with Crippen molar-refractivity contribution in [2.24, 2.45) is 0 Å². The molecule has 3 nitrogen and oxygen atoms in total. The number of amides is 1. The second-order valence-electron chi connectivity index (χ2n) is 5.11. The van der Waals surface area contributed by atoms with Gasteiger partial charge in [0, 0.05) is 10.4 Å². The molecule has 1 aromatic heterocycles. The van der Waals surface area contributed by atoms with Crippen molar-refractivity contribution in [3.05, 3.63) is 76.9 Å². The Balaban J connectivity index is 1.82. The minimum atomic E-state index is -0.210. The van der Waals surface area contributed by atoms with Gasteiger partial charge in [-0.2, -0.15) is 0 Å². The maximum Gasteiger partial charge on any atom is 0.270 e. The summed E-state index contributed by atoms with van der Waals surface area (Å²) >= 11 is 6.16. The molecule has 22 heavy (non-hydrogen) atoms. The van der Waals surface area contributed by atoms with Crippen molar-refractivity contribution in [1.82, 2.24) is 10.3 Å². The van der Waals surface area contributed by atoms with E-state index in [9.17, 15) is 4.79 Å². The van der Waals surface area contributed by atoms with Crippen LogP contribution >= 0.6 is 11.6 Å². The Morgan fingerprint density at radius 3 is 2.59 bits per heavy atom. The molecular formula is C18H15ClN2O. The van der Waals surface area contributed by atoms with Crippen molar-refractivity contribution < 1.29 is 4.79 Å². The number of pyridine rings is 1. The van der Waals surface area contributed by atoms with Crippen LogP contribution in [-0.2, 0) is 0 Å². The molecule has 110 valence electrons. The van der Waals surface area contributed by atoms with E-state index >= 15 is 0 Å². The van der Waals surface area contributed by atoms with Crippen molar-refractivity contribution >= 4 is 28.4 Å². The summed E-state index contributed by atoms with van der Waals surface area (Å²) in [7, 11) is 0. The highest BCUT2D eigenvalue weighted by molar-refractivity contribution is 6.31. The SMILES string of the molecule is C[C@H](NC(=O)c1ccc2ccccc2n1)c1ccccc1Cl. The van der Waals surface area contributed by atoms with Gasteiger partial charge in [0.15, 0.2) is 0 Å². The number of nitrogens with zero attached hydrogens (tertiary/aromatic N) is 1. The molecule has 4 heteroatoms. The summed E-state index contributed by atoms with van der Waals surface area (Å²) in [6, 6.07) is 18.6. The lowest BCUT2D eigenvalue weighted by molar-refractivity contribution is 0.0935. The molecule has 1 N–H and O–H groups in total. The van der Waals surface area contributed by atoms with Gasteiger partial charge in [0.05, 0.1) is 11.6 Å². The van der Waals surface area contributed by atoms with E-state index in [4.69, 9.17) is 11.6 Å². The lowest BCUT2D eigenvalue weighted by atomic mass is 10.1. The van der Waals surface area contributed by atoms with E-state index in [0.717, 1.165) is 16.5 Å². The third-order valence-electron chi connectivity index (χ3n) is 3.55. The molecule has 1 heterocycles. The van der Waals surface area contributed by atoms with Gasteiger partial charge in [-0.15, -0.1) is 0 Å². The highest BCUT2D eigenvalue weighted by Crippen LogP contribution is 2.22. The van der Waals surface area contributed by atoms with Gasteiger partial charge in [-0.3, -0.25) is 4.79 Å². The number of rotatable bonds is 3. The molecule has 3 rings (SSSR count). The zero-order chi connectivity index (χ0) is 15.5. The molecule has 0 aliphatic heterocycles. The molecule has 3 aromatic rings. The van der Waals surface area contributed by atoms with Crippen LogP contribution in [0.25, 0.3) is 10.9 Å². The summed E-state index contributed by atoms with van der Waals surface area (Å²) < 4.78 is 0. The van der Waals surface area contributed by atoms with Crippen molar-refractivity contribution in [3.63, 3.8) is 0 Å². The number of para-hydroxylation sites is 1. The number of fused-ring (bicyclic) bond motifs is 1. The summed E-state index contributed by atoms with van der Waals surface area (Å²) in [6.45, 7) is 1.90. The normalized spacial score (nSPS) is 12.1. The van der Waals surface area contributed by atoms with E-state index in [1.165, 1.54) is 0 Å². The van der Waals surface area contributed by atoms with E-state index in [1.54, 1.807) is 6.07 Å². The van der Waals surface area contributed by atoms with Crippen LogP contribution in [0.2, 0.25) is 5.02 Å². The minimum absolute atomic E-state index is 0.186. The fourth-order valence-electron chi connectivity index (χ4n) is 2.37. The fraction of sp³-hybridized carbons (Fsp3) is 0.111. The van der Waals surface area contributed by atoms with Crippen LogP contribution in [0.5, 0.6) is 0 Å². The Morgan fingerprint density at radius 2 is 1.77 bits per heavy atom. The molecule has 0 saturated carbocycles. The Bertz CT molecular complexity index is 832. The monoisotopic (exact) mass is 310 g/mol. The fourth-order valence-corrected chi connectivity index (χ4v) is 2.67. The first-order chi connectivity index (χ1) is 10.6. The molecule has 0 radical (unpaired) electrons. The maximum atomic E-state index is 12.4. The third-order valence-corrected chi connectivity index (χ3v) is 3.89. The number of halogens is 1. The van der Waals surface area contributed by atoms with Gasteiger partial charge in [-0.25, -0.2) is 4.98 Å². The summed E-state index contributed by atoms with van der Waals surface area (Å²) in [5.74, 6) is -0.210. The first kappa shape index (κ1) is 14.5. The molecule has 0 unspecified atom stereocenters. The highest BCUT2D eigenvalue weighted by Gasteiger charge is 2.14. The Hall–Kier alpha value is -2.39. The van der Waals surface area contributed by atoms with Crippen LogP contribution in [0.3, 0.4) is 0 Å². The van der Waals surface area contributed by atoms with Crippen LogP contribution in [0.15, 0.2) is 60.7 Å². The number of hydrogen-bond donors (Lipinski definition) is 1. The first-order valence-electron chi connectivity index (χ1n) is 7.06. The number of aromatic nitrogens is 1. The largest absolute Gasteiger partial charge is 0.344 e. The molecule has 0 bridgehead atoms. The van der Waals surface area contributed by atoms with E-state index in [1.807, 2.05) is 61.5 Å². The van der Waals surface area contributed by atoms with Crippen molar-refractivity contribution in [2.45, 2.75) is 13.0 Å². The average Bonchev–Trinajstić information content (AvgIpc) is 2.54. The number of carbonyl (C=O) groups excluding carboxylic acids is 1. The quantitative estimate of drug-likeness (QED) is 0.780. The Labute approximate surface area is 133 Å². The lowest BCUT2D eigenvalue weighted by Crippen LogP contribution is -2.27. The van der Waals surface area contributed by atoms with Crippen LogP contribution in [0.4, 0.5) is 0 Å². The van der Waals surface area contributed by atoms with Crippen LogP contribution in [-0.4, -0.2) is 10.9 Å². The Kier molecular flexibility index (Phi) is 4.07. The van der Waals surface area contributed by atoms with Crippen LogP contribution in [0, 0.1) is 0 Å². The molecule has 2 aromatic carbocycles. The molecule has 1 amide bonds. The van der Waals surface area contributed by atoms with Gasteiger partial charge in [-0.05, 0) is 30.7 Å². The Morgan fingerprint density at radius 1 is 1.05 bits per heavy atom. The molecule has 0 saturated heterocycles. The summed E-state index contributed by atoms with van der Waals surface area (Å²) in [5, 5.41) is 4.58. The second-order valence-corrected chi connectivity index (χ2v) is 5.51. The summed E-state index contributed by atoms with van der Waals surface area (Å²) in [4.78, 5) is 16.8. The molecule has 0 spiro atoms. The van der Waals surface area contributed by atoms with E-state index < -0.39 is 0 Å². The van der Waals surface area contributed by atoms with Crippen molar-refractivity contribution in [1.29, 1.82) is 0 Å². The zero-order valence-electron chi connectivity index (χ0n) is 12.1. The minimum Gasteiger partial charge on any atom is -0.344 e. The topological polar surface area (TPSA) is 42.0 Å². The second kappa shape index (κ2) is 6.16. The van der Waals surface area contributed by atoms with Crippen LogP contribution < -0.4 is 5.32 Å². The number of benzene rings is 2. The van der Waals surface area contributed by atoms with Crippen LogP contribution in [0.1, 0.15) is 29.0 Å². The first-order valence-corrected chi connectivity index (χ1v) is 7.44. The van der Waals surface area contributed by atoms with E-state index in [-0.39, 0.29) is 11.9 Å². The van der Waals surface area contributed by atoms with Gasteiger partial charge in [-0.1, -0.05) is 54.1 Å². The average molecular weight is 311 g/mol. The van der Waals surface area contributed by atoms with Gasteiger partial charge in [0.2, 0.25) is 0 Å². The zero-order valence-corrected chi connectivity index (χ0v) is 12.8. The standard InChI is InChI=1S/C18H15ClN2O/c1-12(14-7-3-4-8-15(14)19)20-18(22)17-11-10-13-6-2-5-9-16(13)21-17/h2-12H,1H3,(H,20,22)/t12-/m0/s1. The van der Waals surface area contributed by atoms with Gasteiger partial charge in [0.1, 0.15) is 5.69 Å². The van der Waals surface area contributed by atoms with Crippen molar-refractivity contribution in [2.75, 3.05) is 0 Å². The lowest BCUT2D eigenvalue weighted by Gasteiger charge is -2.15. The van der Waals surface area contributed by atoms with Gasteiger partial charge in [0.25, 0.3) is 5.91 Å². The van der Waals surface area contributed by atoms with Crippen molar-refractivity contribution in [3.8, 4) is 0 Å². The molecule has 0 aliphatic carbocycles. The predicted octanol–water partition coefficient (Wildman–Crippen LogP) is 4.38. The number of carbonyl (C=O) groups is 1. The van der Waals surface area contributed by atoms with E-state index in [0.29, 0.717) is 10.7 Å². The highest BCUT2D eigenvalue weighted by atomic mass is 35.5.